The Balaban J connectivity index is 2.07. The Morgan fingerprint density at radius 1 is 1.19 bits per heavy atom. The number of nitrogens with one attached hydrogen (secondary N) is 2. The average molecular weight is 289 g/mol. The lowest BCUT2D eigenvalue weighted by Crippen LogP contribution is -2.21. The Bertz CT molecular complexity index is 600. The van der Waals surface area contributed by atoms with E-state index >= 15 is 0 Å². The molecule has 112 valence electrons. The van der Waals surface area contributed by atoms with Crippen LogP contribution in [0.2, 0.25) is 0 Å². The highest BCUT2D eigenvalue weighted by molar-refractivity contribution is 5.55. The van der Waals surface area contributed by atoms with E-state index in [1.54, 1.807) is 12.1 Å². The second kappa shape index (κ2) is 6.99. The van der Waals surface area contributed by atoms with E-state index in [4.69, 9.17) is 0 Å². The molecule has 5 nitrogen and oxygen atoms in total. The van der Waals surface area contributed by atoms with Crippen LogP contribution in [0.1, 0.15) is 5.69 Å². The smallest absolute Gasteiger partial charge is 0.229 e. The molecule has 1 aromatic heterocycles. The van der Waals surface area contributed by atoms with Crippen molar-refractivity contribution in [2.24, 2.45) is 0 Å². The predicted octanol–water partition coefficient (Wildman–Crippen LogP) is 2.64. The van der Waals surface area contributed by atoms with Crippen LogP contribution in [-0.4, -0.2) is 42.1 Å². The molecule has 0 amide bonds. The van der Waals surface area contributed by atoms with Gasteiger partial charge in [0.25, 0.3) is 0 Å². The number of aryl methyl sites for hydroxylation is 1. The number of rotatable bonds is 6. The Morgan fingerprint density at radius 3 is 2.71 bits per heavy atom. The normalized spacial score (nSPS) is 10.7. The lowest BCUT2D eigenvalue weighted by molar-refractivity contribution is 0.425. The highest BCUT2D eigenvalue weighted by Crippen LogP contribution is 2.16. The van der Waals surface area contributed by atoms with Gasteiger partial charge in [-0.05, 0) is 39.2 Å². The summed E-state index contributed by atoms with van der Waals surface area (Å²) in [5.41, 5.74) is 1.47. The lowest BCUT2D eigenvalue weighted by Gasteiger charge is -2.12. The van der Waals surface area contributed by atoms with E-state index in [-0.39, 0.29) is 5.82 Å². The first kappa shape index (κ1) is 15.2. The predicted molar refractivity (Wildman–Crippen MR) is 83.5 cm³/mol. The summed E-state index contributed by atoms with van der Waals surface area (Å²) in [6.45, 7) is 3.61. The van der Waals surface area contributed by atoms with Crippen LogP contribution in [0.5, 0.6) is 0 Å². The number of hydrogen-bond donors (Lipinski definition) is 2. The second-order valence-corrected chi connectivity index (χ2v) is 5.08. The Labute approximate surface area is 124 Å². The topological polar surface area (TPSA) is 53.1 Å². The zero-order valence-electron chi connectivity index (χ0n) is 12.5. The van der Waals surface area contributed by atoms with Gasteiger partial charge in [-0.25, -0.2) is 9.37 Å². The Morgan fingerprint density at radius 2 is 2.00 bits per heavy atom. The molecule has 0 radical (unpaired) electrons. The first-order chi connectivity index (χ1) is 10.0. The van der Waals surface area contributed by atoms with Crippen molar-refractivity contribution in [2.75, 3.05) is 37.8 Å². The van der Waals surface area contributed by atoms with Crippen molar-refractivity contribution < 1.29 is 4.39 Å². The fraction of sp³-hybridized carbons (Fsp3) is 0.333. The number of hydrogen-bond acceptors (Lipinski definition) is 5. The molecular weight excluding hydrogens is 269 g/mol. The van der Waals surface area contributed by atoms with Crippen molar-refractivity contribution in [3.8, 4) is 0 Å². The minimum atomic E-state index is -0.294. The maximum absolute atomic E-state index is 13.2. The van der Waals surface area contributed by atoms with Crippen LogP contribution in [0.25, 0.3) is 0 Å². The highest BCUT2D eigenvalue weighted by Gasteiger charge is 2.03. The molecule has 0 aliphatic carbocycles. The van der Waals surface area contributed by atoms with E-state index < -0.39 is 0 Å². The van der Waals surface area contributed by atoms with Gasteiger partial charge in [0.2, 0.25) is 5.95 Å². The van der Waals surface area contributed by atoms with Crippen LogP contribution in [0, 0.1) is 12.7 Å². The molecule has 21 heavy (non-hydrogen) atoms. The fourth-order valence-corrected chi connectivity index (χ4v) is 1.82. The first-order valence-electron chi connectivity index (χ1n) is 6.80. The van der Waals surface area contributed by atoms with Crippen LogP contribution in [0.15, 0.2) is 30.3 Å². The quantitative estimate of drug-likeness (QED) is 0.856. The molecule has 0 fully saturated rings. The molecule has 1 heterocycles. The van der Waals surface area contributed by atoms with E-state index in [0.29, 0.717) is 11.6 Å². The molecule has 2 aromatic rings. The van der Waals surface area contributed by atoms with Gasteiger partial charge >= 0.3 is 0 Å². The molecule has 0 unspecified atom stereocenters. The Hall–Kier alpha value is -2.21. The van der Waals surface area contributed by atoms with Crippen molar-refractivity contribution in [2.45, 2.75) is 6.92 Å². The molecule has 2 N–H and O–H groups in total. The number of anilines is 3. The van der Waals surface area contributed by atoms with Gasteiger partial charge < -0.3 is 15.5 Å². The van der Waals surface area contributed by atoms with Crippen molar-refractivity contribution in [3.05, 3.63) is 41.8 Å². The van der Waals surface area contributed by atoms with Crippen molar-refractivity contribution in [3.63, 3.8) is 0 Å². The van der Waals surface area contributed by atoms with Crippen LogP contribution < -0.4 is 10.6 Å². The van der Waals surface area contributed by atoms with Gasteiger partial charge in [-0.3, -0.25) is 0 Å². The molecule has 0 aliphatic rings. The number of aromatic nitrogens is 2. The van der Waals surface area contributed by atoms with E-state index in [1.807, 2.05) is 27.1 Å². The molecule has 2 rings (SSSR count). The summed E-state index contributed by atoms with van der Waals surface area (Å²) in [7, 11) is 4.04. The van der Waals surface area contributed by atoms with Gasteiger partial charge in [-0.2, -0.15) is 4.98 Å². The van der Waals surface area contributed by atoms with Gasteiger partial charge in [0, 0.05) is 30.5 Å². The monoisotopic (exact) mass is 289 g/mol. The molecule has 0 saturated carbocycles. The van der Waals surface area contributed by atoms with E-state index in [9.17, 15) is 4.39 Å². The molecule has 0 atom stereocenters. The summed E-state index contributed by atoms with van der Waals surface area (Å²) in [6.07, 6.45) is 0. The molecule has 1 aromatic carbocycles. The van der Waals surface area contributed by atoms with E-state index in [2.05, 4.69) is 25.5 Å². The summed E-state index contributed by atoms with van der Waals surface area (Å²) in [4.78, 5) is 10.8. The summed E-state index contributed by atoms with van der Waals surface area (Å²) in [5.74, 6) is 0.910. The van der Waals surface area contributed by atoms with Gasteiger partial charge in [0.05, 0.1) is 0 Å². The Kier molecular flexibility index (Phi) is 5.05. The summed E-state index contributed by atoms with van der Waals surface area (Å²) in [5, 5.41) is 6.26. The molecule has 0 saturated heterocycles. The molecule has 0 bridgehead atoms. The number of nitrogens with zero attached hydrogens (tertiary/aromatic N) is 3. The summed E-state index contributed by atoms with van der Waals surface area (Å²) in [6, 6.07) is 8.10. The van der Waals surface area contributed by atoms with Crippen LogP contribution in [-0.2, 0) is 0 Å². The van der Waals surface area contributed by atoms with Gasteiger partial charge in [0.1, 0.15) is 11.6 Å². The lowest BCUT2D eigenvalue weighted by atomic mass is 10.3. The zero-order valence-corrected chi connectivity index (χ0v) is 12.5. The molecule has 0 aliphatic heterocycles. The van der Waals surface area contributed by atoms with Crippen molar-refractivity contribution >= 4 is 17.5 Å². The zero-order chi connectivity index (χ0) is 15.2. The third kappa shape index (κ3) is 5.00. The van der Waals surface area contributed by atoms with E-state index in [0.717, 1.165) is 24.6 Å². The number of benzene rings is 1. The van der Waals surface area contributed by atoms with Gasteiger partial charge in [-0.15, -0.1) is 0 Å². The SMILES string of the molecule is Cc1cc(NCCN(C)C)nc(Nc2cccc(F)c2)n1. The number of likely N-dealkylation sites (N-methyl/N-ethyl adjacent to an activating group) is 1. The average Bonchev–Trinajstić information content (AvgIpc) is 2.37. The largest absolute Gasteiger partial charge is 0.369 e. The van der Waals surface area contributed by atoms with Crippen LogP contribution in [0.3, 0.4) is 0 Å². The van der Waals surface area contributed by atoms with E-state index in [1.165, 1.54) is 12.1 Å². The molecule has 6 heteroatoms. The minimum absolute atomic E-state index is 0.294. The number of halogens is 1. The summed E-state index contributed by atoms with van der Waals surface area (Å²) >= 11 is 0. The van der Waals surface area contributed by atoms with Gasteiger partial charge in [0.15, 0.2) is 0 Å². The van der Waals surface area contributed by atoms with Crippen molar-refractivity contribution in [1.82, 2.24) is 14.9 Å². The third-order valence-electron chi connectivity index (χ3n) is 2.80. The minimum Gasteiger partial charge on any atom is -0.369 e. The summed E-state index contributed by atoms with van der Waals surface area (Å²) < 4.78 is 13.2. The first-order valence-corrected chi connectivity index (χ1v) is 6.80. The maximum Gasteiger partial charge on any atom is 0.229 e. The second-order valence-electron chi connectivity index (χ2n) is 5.08. The highest BCUT2D eigenvalue weighted by atomic mass is 19.1. The molecular formula is C15H20FN5. The maximum atomic E-state index is 13.2. The van der Waals surface area contributed by atoms with Crippen molar-refractivity contribution in [1.29, 1.82) is 0 Å². The molecule has 0 spiro atoms. The van der Waals surface area contributed by atoms with Crippen LogP contribution >= 0.6 is 0 Å². The van der Waals surface area contributed by atoms with Gasteiger partial charge in [-0.1, -0.05) is 6.07 Å². The standard InChI is InChI=1S/C15H20FN5/c1-11-9-14(17-7-8-21(2)3)20-15(18-11)19-13-6-4-5-12(16)10-13/h4-6,9-10H,7-8H2,1-3H3,(H2,17,18,19,20). The fourth-order valence-electron chi connectivity index (χ4n) is 1.82. The third-order valence-corrected chi connectivity index (χ3v) is 2.80. The van der Waals surface area contributed by atoms with Crippen LogP contribution in [0.4, 0.5) is 21.8 Å².